The fourth-order valence-electron chi connectivity index (χ4n) is 4.47. The quantitative estimate of drug-likeness (QED) is 0.484. The lowest BCUT2D eigenvalue weighted by Crippen LogP contribution is -2.45. The number of methoxy groups -OCH3 is 1. The summed E-state index contributed by atoms with van der Waals surface area (Å²) in [5.74, 6) is -0.0110. The van der Waals surface area contributed by atoms with Gasteiger partial charge in [-0.25, -0.2) is 9.18 Å². The number of benzene rings is 2. The van der Waals surface area contributed by atoms with E-state index in [1.165, 1.54) is 35.1 Å². The predicted molar refractivity (Wildman–Crippen MR) is 129 cm³/mol. The molecule has 3 heterocycles. The van der Waals surface area contributed by atoms with Crippen LogP contribution in [0.1, 0.15) is 24.4 Å². The first-order chi connectivity index (χ1) is 16.1. The van der Waals surface area contributed by atoms with E-state index in [9.17, 15) is 14.0 Å². The molecule has 1 aliphatic heterocycles. The van der Waals surface area contributed by atoms with E-state index in [1.54, 1.807) is 10.6 Å². The van der Waals surface area contributed by atoms with E-state index in [0.717, 1.165) is 36.4 Å². The van der Waals surface area contributed by atoms with Gasteiger partial charge in [0, 0.05) is 22.5 Å². The van der Waals surface area contributed by atoms with Gasteiger partial charge in [-0.2, -0.15) is 0 Å². The lowest BCUT2D eigenvalue weighted by atomic mass is 10.1. The second-order valence-corrected chi connectivity index (χ2v) is 9.23. The second kappa shape index (κ2) is 8.96. The van der Waals surface area contributed by atoms with E-state index in [1.807, 2.05) is 36.4 Å². The van der Waals surface area contributed by atoms with Crippen LogP contribution in [0.3, 0.4) is 0 Å². The smallest absolute Gasteiger partial charge is 0.332 e. The fraction of sp³-hybridized carbons (Fsp3) is 0.280. The molecule has 0 amide bonds. The van der Waals surface area contributed by atoms with Gasteiger partial charge in [-0.1, -0.05) is 30.3 Å². The summed E-state index contributed by atoms with van der Waals surface area (Å²) >= 11 is 1.31. The summed E-state index contributed by atoms with van der Waals surface area (Å²) < 4.78 is 22.8. The zero-order valence-corrected chi connectivity index (χ0v) is 19.0. The normalized spacial score (nSPS) is 14.6. The Hall–Kier alpha value is -3.23. The monoisotopic (exact) mass is 465 g/mol. The summed E-state index contributed by atoms with van der Waals surface area (Å²) in [6.07, 6.45) is 1.46. The minimum atomic E-state index is -0.397. The van der Waals surface area contributed by atoms with Crippen LogP contribution in [0.2, 0.25) is 0 Å². The Morgan fingerprint density at radius 1 is 1.09 bits per heavy atom. The highest BCUT2D eigenvalue weighted by atomic mass is 32.1. The van der Waals surface area contributed by atoms with Crippen LogP contribution in [0.15, 0.2) is 64.2 Å². The number of hydrogen-bond donors (Lipinski definition) is 1. The van der Waals surface area contributed by atoms with Crippen LogP contribution in [-0.2, 0) is 6.54 Å². The molecule has 0 radical (unpaired) electrons. The first-order valence-electron chi connectivity index (χ1n) is 10.9. The number of hydrogen-bond acceptors (Lipinski definition) is 5. The molecular formula is C25H24FN3O3S. The summed E-state index contributed by atoms with van der Waals surface area (Å²) in [7, 11) is 1.49. The molecule has 0 saturated carbocycles. The lowest BCUT2D eigenvalue weighted by molar-refractivity contribution is 0.346. The third-order valence-electron chi connectivity index (χ3n) is 6.14. The second-order valence-electron chi connectivity index (χ2n) is 8.18. The maximum atomic E-state index is 13.8. The molecule has 33 heavy (non-hydrogen) atoms. The summed E-state index contributed by atoms with van der Waals surface area (Å²) in [6, 6.07) is 15.8. The van der Waals surface area contributed by atoms with Crippen molar-refractivity contribution in [3.63, 3.8) is 0 Å². The number of nitrogens with zero attached hydrogens (tertiary/aromatic N) is 2. The van der Waals surface area contributed by atoms with Crippen molar-refractivity contribution in [2.75, 3.05) is 20.2 Å². The van der Waals surface area contributed by atoms with Crippen LogP contribution in [0.4, 0.5) is 4.39 Å². The van der Waals surface area contributed by atoms with Crippen LogP contribution in [0, 0.1) is 5.82 Å². The molecule has 5 rings (SSSR count). The molecule has 0 spiro atoms. The average molecular weight is 466 g/mol. The maximum absolute atomic E-state index is 13.8. The van der Waals surface area contributed by atoms with Crippen molar-refractivity contribution in [3.8, 4) is 16.2 Å². The number of ether oxygens (including phenoxy) is 1. The van der Waals surface area contributed by atoms with Crippen molar-refractivity contribution < 1.29 is 9.13 Å². The Balaban J connectivity index is 1.75. The maximum Gasteiger partial charge on any atom is 0.332 e. The van der Waals surface area contributed by atoms with Crippen molar-refractivity contribution in [2.45, 2.75) is 25.4 Å². The molecule has 0 atom stereocenters. The number of rotatable bonds is 5. The number of thiophene rings is 1. The largest absolute Gasteiger partial charge is 0.496 e. The van der Waals surface area contributed by atoms with Crippen molar-refractivity contribution in [1.82, 2.24) is 14.5 Å². The van der Waals surface area contributed by atoms with Gasteiger partial charge in [0.15, 0.2) is 0 Å². The van der Waals surface area contributed by atoms with Crippen LogP contribution < -0.4 is 21.3 Å². The molecule has 2 aromatic carbocycles. The van der Waals surface area contributed by atoms with Crippen LogP contribution in [-0.4, -0.2) is 29.3 Å². The third-order valence-corrected chi connectivity index (χ3v) is 7.29. The molecule has 1 saturated heterocycles. The Morgan fingerprint density at radius 3 is 2.58 bits per heavy atom. The minimum absolute atomic E-state index is 0.136. The van der Waals surface area contributed by atoms with E-state index in [-0.39, 0.29) is 17.3 Å². The lowest BCUT2D eigenvalue weighted by Gasteiger charge is -2.25. The Labute approximate surface area is 193 Å². The van der Waals surface area contributed by atoms with Gasteiger partial charge in [-0.15, -0.1) is 11.3 Å². The molecule has 4 aromatic rings. The van der Waals surface area contributed by atoms with E-state index >= 15 is 0 Å². The van der Waals surface area contributed by atoms with Crippen LogP contribution in [0.25, 0.3) is 20.7 Å². The van der Waals surface area contributed by atoms with Gasteiger partial charge in [-0.3, -0.25) is 13.9 Å². The molecule has 1 fully saturated rings. The van der Waals surface area contributed by atoms with Crippen molar-refractivity contribution in [1.29, 1.82) is 0 Å². The van der Waals surface area contributed by atoms with Gasteiger partial charge >= 0.3 is 5.69 Å². The van der Waals surface area contributed by atoms with Gasteiger partial charge < -0.3 is 10.1 Å². The molecule has 2 aromatic heterocycles. The Bertz CT molecular complexity index is 1420. The summed E-state index contributed by atoms with van der Waals surface area (Å²) in [5.41, 5.74) is 1.70. The summed E-state index contributed by atoms with van der Waals surface area (Å²) in [4.78, 5) is 28.0. The zero-order valence-electron chi connectivity index (χ0n) is 18.2. The first-order valence-corrected chi connectivity index (χ1v) is 11.8. The molecule has 1 N–H and O–H groups in total. The standard InChI is InChI=1S/C25H24FN3O3S/c1-32-21-13-17(26)7-8-19(21)22-14-20-23(33-22)24(30)29(18-9-11-27-12-10-18)25(31)28(20)15-16-5-3-2-4-6-16/h2-8,13-14,18,27H,9-12,15H2,1H3. The minimum Gasteiger partial charge on any atom is -0.496 e. The fourth-order valence-corrected chi connectivity index (χ4v) is 5.60. The van der Waals surface area contributed by atoms with Crippen molar-refractivity contribution in [2.24, 2.45) is 0 Å². The molecular weight excluding hydrogens is 441 g/mol. The van der Waals surface area contributed by atoms with Crippen LogP contribution >= 0.6 is 11.3 Å². The molecule has 170 valence electrons. The Morgan fingerprint density at radius 2 is 1.85 bits per heavy atom. The van der Waals surface area contributed by atoms with E-state index in [0.29, 0.717) is 28.1 Å². The molecule has 6 nitrogen and oxygen atoms in total. The van der Waals surface area contributed by atoms with E-state index in [2.05, 4.69) is 5.32 Å². The molecule has 0 aliphatic carbocycles. The van der Waals surface area contributed by atoms with E-state index in [4.69, 9.17) is 4.74 Å². The van der Waals surface area contributed by atoms with Gasteiger partial charge in [0.25, 0.3) is 5.56 Å². The number of halogens is 1. The number of fused-ring (bicyclic) bond motifs is 1. The van der Waals surface area contributed by atoms with Crippen molar-refractivity contribution in [3.05, 3.63) is 86.8 Å². The zero-order chi connectivity index (χ0) is 22.9. The predicted octanol–water partition coefficient (Wildman–Crippen LogP) is 4.01. The van der Waals surface area contributed by atoms with Gasteiger partial charge in [0.2, 0.25) is 0 Å². The van der Waals surface area contributed by atoms with E-state index < -0.39 is 5.82 Å². The van der Waals surface area contributed by atoms with Gasteiger partial charge in [-0.05, 0) is 49.7 Å². The topological polar surface area (TPSA) is 65.3 Å². The summed E-state index contributed by atoms with van der Waals surface area (Å²) in [6.45, 7) is 1.91. The average Bonchev–Trinajstić information content (AvgIpc) is 3.28. The molecule has 0 bridgehead atoms. The molecule has 1 aliphatic rings. The SMILES string of the molecule is COc1cc(F)ccc1-c1cc2c(s1)c(=O)n(C1CCNCC1)c(=O)n2Cc1ccccc1. The Kier molecular flexibility index (Phi) is 5.86. The summed E-state index contributed by atoms with van der Waals surface area (Å²) in [5, 5.41) is 3.29. The molecule has 0 unspecified atom stereocenters. The highest BCUT2D eigenvalue weighted by Crippen LogP contribution is 2.37. The highest BCUT2D eigenvalue weighted by molar-refractivity contribution is 7.22. The third kappa shape index (κ3) is 4.00. The van der Waals surface area contributed by atoms with Crippen molar-refractivity contribution >= 4 is 21.6 Å². The number of aromatic nitrogens is 2. The van der Waals surface area contributed by atoms with Gasteiger partial charge in [0.05, 0.1) is 19.2 Å². The first kappa shape index (κ1) is 21.6. The van der Waals surface area contributed by atoms with Gasteiger partial charge in [0.1, 0.15) is 16.3 Å². The number of nitrogens with one attached hydrogen (secondary N) is 1. The van der Waals surface area contributed by atoms with Crippen LogP contribution in [0.5, 0.6) is 5.75 Å². The highest BCUT2D eigenvalue weighted by Gasteiger charge is 2.24. The molecule has 8 heteroatoms. The number of piperidine rings is 1.